The van der Waals surface area contributed by atoms with E-state index >= 15 is 0 Å². The number of hydrogen-bond acceptors (Lipinski definition) is 2. The van der Waals surface area contributed by atoms with E-state index in [0.29, 0.717) is 10.8 Å². The number of aryl methyl sites for hydroxylation is 1. The lowest BCUT2D eigenvalue weighted by atomic mass is 10.1. The summed E-state index contributed by atoms with van der Waals surface area (Å²) >= 11 is 5.26. The molecule has 2 rings (SSSR count). The molecule has 0 aliphatic rings. The highest BCUT2D eigenvalue weighted by Gasteiger charge is 2.04. The Hall–Kier alpha value is -2.40. The number of hydrogen-bond donors (Lipinski definition) is 3. The van der Waals surface area contributed by atoms with Crippen molar-refractivity contribution >= 4 is 34.7 Å². The molecule has 0 amide bonds. The smallest absolute Gasteiger partial charge is 0.335 e. The molecule has 23 heavy (non-hydrogen) atoms. The van der Waals surface area contributed by atoms with Crippen LogP contribution in [0.1, 0.15) is 35.7 Å². The lowest BCUT2D eigenvalue weighted by molar-refractivity contribution is 0.0697. The summed E-state index contributed by atoms with van der Waals surface area (Å²) in [6, 6.07) is 14.7. The summed E-state index contributed by atoms with van der Waals surface area (Å²) in [6.07, 6.45) is 3.46. The van der Waals surface area contributed by atoms with Crippen LogP contribution in [0.25, 0.3) is 0 Å². The Morgan fingerprint density at radius 2 is 1.78 bits per heavy atom. The molecule has 0 saturated carbocycles. The van der Waals surface area contributed by atoms with Crippen LogP contribution in [-0.4, -0.2) is 16.2 Å². The van der Waals surface area contributed by atoms with Crippen molar-refractivity contribution in [3.63, 3.8) is 0 Å². The lowest BCUT2D eigenvalue weighted by Gasteiger charge is -2.11. The van der Waals surface area contributed by atoms with Gasteiger partial charge in [0.25, 0.3) is 0 Å². The van der Waals surface area contributed by atoms with Gasteiger partial charge in [0.1, 0.15) is 0 Å². The van der Waals surface area contributed by atoms with E-state index in [-0.39, 0.29) is 5.56 Å². The first-order chi connectivity index (χ1) is 11.1. The molecule has 0 aliphatic heterocycles. The highest BCUT2D eigenvalue weighted by atomic mass is 32.1. The first kappa shape index (κ1) is 17.0. The minimum atomic E-state index is -0.963. The number of rotatable bonds is 6. The van der Waals surface area contributed by atoms with Gasteiger partial charge in [-0.25, -0.2) is 4.79 Å². The third-order valence-electron chi connectivity index (χ3n) is 3.40. The van der Waals surface area contributed by atoms with Crippen molar-refractivity contribution in [2.45, 2.75) is 26.2 Å². The first-order valence-electron chi connectivity index (χ1n) is 7.59. The van der Waals surface area contributed by atoms with Crippen LogP contribution in [-0.2, 0) is 6.42 Å². The first-order valence-corrected chi connectivity index (χ1v) is 7.99. The van der Waals surface area contributed by atoms with Crippen molar-refractivity contribution in [1.82, 2.24) is 0 Å². The zero-order valence-electron chi connectivity index (χ0n) is 13.0. The number of carbonyl (C=O) groups is 1. The fourth-order valence-corrected chi connectivity index (χ4v) is 2.39. The van der Waals surface area contributed by atoms with Gasteiger partial charge in [0, 0.05) is 11.4 Å². The zero-order chi connectivity index (χ0) is 16.7. The van der Waals surface area contributed by atoms with Gasteiger partial charge in [-0.15, -0.1) is 0 Å². The van der Waals surface area contributed by atoms with Gasteiger partial charge in [0.2, 0.25) is 0 Å². The fourth-order valence-electron chi connectivity index (χ4n) is 2.16. The summed E-state index contributed by atoms with van der Waals surface area (Å²) in [5.74, 6) is -0.963. The van der Waals surface area contributed by atoms with E-state index in [2.05, 4.69) is 29.7 Å². The van der Waals surface area contributed by atoms with Gasteiger partial charge >= 0.3 is 5.97 Å². The number of benzene rings is 2. The van der Waals surface area contributed by atoms with E-state index in [9.17, 15) is 4.79 Å². The maximum Gasteiger partial charge on any atom is 0.335 e. The molecule has 0 bridgehead atoms. The number of aromatic carboxylic acids is 1. The van der Waals surface area contributed by atoms with Crippen molar-refractivity contribution in [2.75, 3.05) is 10.6 Å². The highest BCUT2D eigenvalue weighted by molar-refractivity contribution is 7.80. The minimum absolute atomic E-state index is 0.220. The average molecular weight is 328 g/mol. The molecular formula is C18H20N2O2S. The summed E-state index contributed by atoms with van der Waals surface area (Å²) in [4.78, 5) is 11.0. The molecule has 0 atom stereocenters. The molecule has 4 nitrogen and oxygen atoms in total. The summed E-state index contributed by atoms with van der Waals surface area (Å²) in [5, 5.41) is 15.5. The number of carboxylic acid groups (broad SMARTS) is 1. The van der Waals surface area contributed by atoms with Crippen LogP contribution in [0, 0.1) is 0 Å². The van der Waals surface area contributed by atoms with E-state index in [4.69, 9.17) is 17.3 Å². The van der Waals surface area contributed by atoms with E-state index in [0.717, 1.165) is 12.1 Å². The second-order valence-electron chi connectivity index (χ2n) is 5.27. The Morgan fingerprint density at radius 3 is 2.43 bits per heavy atom. The summed E-state index contributed by atoms with van der Waals surface area (Å²) < 4.78 is 0. The van der Waals surface area contributed by atoms with Gasteiger partial charge < -0.3 is 15.7 Å². The molecule has 0 fully saturated rings. The van der Waals surface area contributed by atoms with Gasteiger partial charge in [-0.1, -0.05) is 31.5 Å². The van der Waals surface area contributed by atoms with Crippen LogP contribution in [0.2, 0.25) is 0 Å². The SMILES string of the molecule is CCCCc1ccc(NC(=S)Nc2cccc(C(=O)O)c2)cc1. The number of unbranched alkanes of at least 4 members (excludes halogenated alkanes) is 1. The van der Waals surface area contributed by atoms with Crippen molar-refractivity contribution in [3.05, 3.63) is 59.7 Å². The van der Waals surface area contributed by atoms with Crippen LogP contribution in [0.4, 0.5) is 11.4 Å². The molecule has 5 heteroatoms. The van der Waals surface area contributed by atoms with Crippen molar-refractivity contribution in [2.24, 2.45) is 0 Å². The topological polar surface area (TPSA) is 61.4 Å². The minimum Gasteiger partial charge on any atom is -0.478 e. The molecule has 2 aromatic carbocycles. The van der Waals surface area contributed by atoms with Gasteiger partial charge in [-0.3, -0.25) is 0 Å². The Bertz CT molecular complexity index is 684. The largest absolute Gasteiger partial charge is 0.478 e. The molecule has 0 unspecified atom stereocenters. The molecule has 120 valence electrons. The van der Waals surface area contributed by atoms with Crippen molar-refractivity contribution < 1.29 is 9.90 Å². The van der Waals surface area contributed by atoms with E-state index in [1.807, 2.05) is 12.1 Å². The van der Waals surface area contributed by atoms with Gasteiger partial charge in [-0.2, -0.15) is 0 Å². The Balaban J connectivity index is 1.94. The summed E-state index contributed by atoms with van der Waals surface area (Å²) in [6.45, 7) is 2.18. The predicted octanol–water partition coefficient (Wildman–Crippen LogP) is 4.54. The molecular weight excluding hydrogens is 308 g/mol. The van der Waals surface area contributed by atoms with Crippen molar-refractivity contribution in [3.8, 4) is 0 Å². The van der Waals surface area contributed by atoms with Gasteiger partial charge in [-0.05, 0) is 61.0 Å². The number of nitrogens with one attached hydrogen (secondary N) is 2. The van der Waals surface area contributed by atoms with Crippen molar-refractivity contribution in [1.29, 1.82) is 0 Å². The number of carboxylic acids is 1. The Labute approximate surface area is 141 Å². The lowest BCUT2D eigenvalue weighted by Crippen LogP contribution is -2.19. The molecule has 2 aromatic rings. The standard InChI is InChI=1S/C18H20N2O2S/c1-2-3-5-13-8-10-15(11-9-13)19-18(23)20-16-7-4-6-14(12-16)17(21)22/h4,6-12H,2-3,5H2,1H3,(H,21,22)(H2,19,20,23). The molecule has 0 heterocycles. The monoisotopic (exact) mass is 328 g/mol. The predicted molar refractivity (Wildman–Crippen MR) is 98.3 cm³/mol. The third kappa shape index (κ3) is 5.38. The second-order valence-corrected chi connectivity index (χ2v) is 5.67. The fraction of sp³-hybridized carbons (Fsp3) is 0.222. The molecule has 0 aromatic heterocycles. The third-order valence-corrected chi connectivity index (χ3v) is 3.60. The van der Waals surface area contributed by atoms with Crippen LogP contribution in [0.5, 0.6) is 0 Å². The van der Waals surface area contributed by atoms with E-state index in [1.165, 1.54) is 18.4 Å². The van der Waals surface area contributed by atoms with Crippen LogP contribution in [0.15, 0.2) is 48.5 Å². The Kier molecular flexibility index (Phi) is 6.11. The van der Waals surface area contributed by atoms with E-state index < -0.39 is 5.97 Å². The molecule has 0 saturated heterocycles. The van der Waals surface area contributed by atoms with Crippen LogP contribution in [0.3, 0.4) is 0 Å². The molecule has 3 N–H and O–H groups in total. The summed E-state index contributed by atoms with van der Waals surface area (Å²) in [7, 11) is 0. The number of thiocarbonyl (C=S) groups is 1. The maximum absolute atomic E-state index is 11.0. The zero-order valence-corrected chi connectivity index (χ0v) is 13.8. The van der Waals surface area contributed by atoms with Crippen LogP contribution < -0.4 is 10.6 Å². The average Bonchev–Trinajstić information content (AvgIpc) is 2.54. The number of anilines is 2. The molecule has 0 aliphatic carbocycles. The summed E-state index contributed by atoms with van der Waals surface area (Å²) in [5.41, 5.74) is 3.07. The molecule has 0 radical (unpaired) electrons. The van der Waals surface area contributed by atoms with E-state index in [1.54, 1.807) is 24.3 Å². The Morgan fingerprint density at radius 1 is 1.09 bits per heavy atom. The second kappa shape index (κ2) is 8.29. The normalized spacial score (nSPS) is 10.1. The maximum atomic E-state index is 11.0. The quantitative estimate of drug-likeness (QED) is 0.680. The van der Waals surface area contributed by atoms with Gasteiger partial charge in [0.05, 0.1) is 5.56 Å². The molecule has 0 spiro atoms. The van der Waals surface area contributed by atoms with Gasteiger partial charge in [0.15, 0.2) is 5.11 Å². The highest BCUT2D eigenvalue weighted by Crippen LogP contribution is 2.14. The van der Waals surface area contributed by atoms with Crippen LogP contribution >= 0.6 is 12.2 Å².